The van der Waals surface area contributed by atoms with E-state index in [1.165, 1.54) is 53.9 Å². The van der Waals surface area contributed by atoms with Gasteiger partial charge in [0.2, 0.25) is 0 Å². The molecule has 1 unspecified atom stereocenters. The number of piperidine rings is 1. The fourth-order valence-corrected chi connectivity index (χ4v) is 6.90. The minimum atomic E-state index is 0.511. The second kappa shape index (κ2) is 10.1. The van der Waals surface area contributed by atoms with Gasteiger partial charge in [-0.3, -0.25) is 0 Å². The number of hydrogen-bond acceptors (Lipinski definition) is 4. The zero-order valence-corrected chi connectivity index (χ0v) is 21.8. The van der Waals surface area contributed by atoms with Crippen LogP contribution in [0.4, 0.5) is 0 Å². The normalized spacial score (nSPS) is 25.0. The van der Waals surface area contributed by atoms with Gasteiger partial charge in [0.05, 0.1) is 41.5 Å². The van der Waals surface area contributed by atoms with Crippen molar-refractivity contribution in [3.05, 3.63) is 46.5 Å². The van der Waals surface area contributed by atoms with Crippen LogP contribution < -0.4 is 28.8 Å². The van der Waals surface area contributed by atoms with Crippen molar-refractivity contribution in [3.63, 3.8) is 0 Å². The summed E-state index contributed by atoms with van der Waals surface area (Å²) in [7, 11) is 6.90. The zero-order valence-electron chi connectivity index (χ0n) is 21.8. The molecular formula is C29H40N2O4+2. The smallest absolute Gasteiger partial charge is 0.182 e. The van der Waals surface area contributed by atoms with Crippen LogP contribution in [0.2, 0.25) is 0 Å². The van der Waals surface area contributed by atoms with Gasteiger partial charge in [-0.1, -0.05) is 6.92 Å². The Kier molecular flexibility index (Phi) is 6.92. The molecule has 6 heteroatoms. The lowest BCUT2D eigenvalue weighted by Gasteiger charge is -2.46. The van der Waals surface area contributed by atoms with E-state index in [0.29, 0.717) is 17.9 Å². The van der Waals surface area contributed by atoms with E-state index in [2.05, 4.69) is 36.2 Å². The summed E-state index contributed by atoms with van der Waals surface area (Å²) >= 11 is 0. The van der Waals surface area contributed by atoms with Gasteiger partial charge < -0.3 is 23.8 Å². The molecule has 0 bridgehead atoms. The average molecular weight is 481 g/mol. The van der Waals surface area contributed by atoms with Crippen LogP contribution in [-0.2, 0) is 12.8 Å². The van der Waals surface area contributed by atoms with Gasteiger partial charge in [-0.15, -0.1) is 0 Å². The predicted octanol–water partition coefficient (Wildman–Crippen LogP) is 1.77. The highest BCUT2D eigenvalue weighted by Crippen LogP contribution is 2.42. The third-order valence-corrected chi connectivity index (χ3v) is 8.61. The Bertz CT molecular complexity index is 1110. The quantitative estimate of drug-likeness (QED) is 0.634. The SMILES string of the molecule is CC[C@@H]1[C@H](CC2=[NH+]CCc3cc(OC)c(OC)cc32)CC[NH+]2CCc3cc(OC)c(OC)cc3[C@H]12. The summed E-state index contributed by atoms with van der Waals surface area (Å²) in [4.78, 5) is 5.49. The van der Waals surface area contributed by atoms with E-state index in [-0.39, 0.29) is 0 Å². The molecule has 1 saturated heterocycles. The van der Waals surface area contributed by atoms with Crippen LogP contribution in [0, 0.1) is 11.8 Å². The maximum Gasteiger partial charge on any atom is 0.182 e. The van der Waals surface area contributed by atoms with Gasteiger partial charge in [0, 0.05) is 42.7 Å². The molecule has 35 heavy (non-hydrogen) atoms. The lowest BCUT2D eigenvalue weighted by Crippen LogP contribution is -3.15. The Morgan fingerprint density at radius 3 is 2.17 bits per heavy atom. The molecule has 0 spiro atoms. The molecular weight excluding hydrogens is 440 g/mol. The number of nitrogens with one attached hydrogen (secondary N) is 2. The Labute approximate surface area is 209 Å². The topological polar surface area (TPSA) is 55.3 Å². The first-order valence-electron chi connectivity index (χ1n) is 13.1. The summed E-state index contributed by atoms with van der Waals surface area (Å²) in [6.07, 6.45) is 5.64. The van der Waals surface area contributed by atoms with E-state index in [9.17, 15) is 0 Å². The van der Waals surface area contributed by atoms with Crippen molar-refractivity contribution in [2.45, 2.75) is 45.1 Å². The van der Waals surface area contributed by atoms with E-state index < -0.39 is 0 Å². The largest absolute Gasteiger partial charge is 0.493 e. The number of benzene rings is 2. The third kappa shape index (κ3) is 4.26. The van der Waals surface area contributed by atoms with Crippen molar-refractivity contribution in [1.29, 1.82) is 0 Å². The van der Waals surface area contributed by atoms with E-state index in [1.807, 2.05) is 0 Å². The lowest BCUT2D eigenvalue weighted by atomic mass is 9.70. The minimum absolute atomic E-state index is 0.511. The zero-order chi connectivity index (χ0) is 24.5. The highest BCUT2D eigenvalue weighted by atomic mass is 16.5. The van der Waals surface area contributed by atoms with Crippen LogP contribution in [0.25, 0.3) is 0 Å². The van der Waals surface area contributed by atoms with E-state index in [1.54, 1.807) is 33.3 Å². The molecule has 3 aliphatic heterocycles. The van der Waals surface area contributed by atoms with Crippen molar-refractivity contribution < 1.29 is 28.8 Å². The molecule has 0 saturated carbocycles. The van der Waals surface area contributed by atoms with Crippen molar-refractivity contribution in [2.24, 2.45) is 11.8 Å². The van der Waals surface area contributed by atoms with Gasteiger partial charge in [-0.2, -0.15) is 0 Å². The Morgan fingerprint density at radius 2 is 1.49 bits per heavy atom. The molecule has 5 rings (SSSR count). The van der Waals surface area contributed by atoms with Crippen LogP contribution >= 0.6 is 0 Å². The first-order valence-corrected chi connectivity index (χ1v) is 13.1. The number of methoxy groups -OCH3 is 4. The van der Waals surface area contributed by atoms with Crippen molar-refractivity contribution >= 4 is 5.71 Å². The Balaban J connectivity index is 1.46. The molecule has 1 fully saturated rings. The second-order valence-electron chi connectivity index (χ2n) is 10.1. The molecule has 2 aromatic carbocycles. The maximum absolute atomic E-state index is 5.71. The maximum atomic E-state index is 5.71. The van der Waals surface area contributed by atoms with E-state index >= 15 is 0 Å². The lowest BCUT2D eigenvalue weighted by molar-refractivity contribution is -0.945. The van der Waals surface area contributed by atoms with Crippen molar-refractivity contribution in [3.8, 4) is 23.0 Å². The summed E-state index contributed by atoms with van der Waals surface area (Å²) in [6.45, 7) is 5.77. The van der Waals surface area contributed by atoms with Crippen LogP contribution in [0.15, 0.2) is 24.3 Å². The number of hydrogen-bond donors (Lipinski definition) is 2. The molecule has 188 valence electrons. The average Bonchev–Trinajstić information content (AvgIpc) is 2.91. The fraction of sp³-hybridized carbons (Fsp3) is 0.552. The highest BCUT2D eigenvalue weighted by molar-refractivity contribution is 5.99. The van der Waals surface area contributed by atoms with Crippen LogP contribution in [-0.4, -0.2) is 53.8 Å². The van der Waals surface area contributed by atoms with E-state index in [4.69, 9.17) is 18.9 Å². The van der Waals surface area contributed by atoms with Gasteiger partial charge >= 0.3 is 0 Å². The van der Waals surface area contributed by atoms with E-state index in [0.717, 1.165) is 48.8 Å². The molecule has 0 radical (unpaired) electrons. The number of ether oxygens (including phenoxy) is 4. The molecule has 6 nitrogen and oxygen atoms in total. The van der Waals surface area contributed by atoms with Crippen LogP contribution in [0.3, 0.4) is 0 Å². The monoisotopic (exact) mass is 480 g/mol. The molecule has 0 amide bonds. The van der Waals surface area contributed by atoms with Gasteiger partial charge in [-0.25, -0.2) is 4.99 Å². The molecule has 0 aliphatic carbocycles. The first kappa shape index (κ1) is 24.0. The summed E-state index contributed by atoms with van der Waals surface area (Å²) in [5, 5.41) is 0. The molecule has 0 aromatic heterocycles. The summed E-state index contributed by atoms with van der Waals surface area (Å²) in [5.41, 5.74) is 6.92. The van der Waals surface area contributed by atoms with Crippen LogP contribution in [0.5, 0.6) is 23.0 Å². The minimum Gasteiger partial charge on any atom is -0.493 e. The summed E-state index contributed by atoms with van der Waals surface area (Å²) < 4.78 is 22.5. The highest BCUT2D eigenvalue weighted by Gasteiger charge is 2.45. The third-order valence-electron chi connectivity index (χ3n) is 8.61. The molecule has 4 atom stereocenters. The standard InChI is InChI=1S/C29H38N2O4/c1-6-21-19(13-24-22-16-27(34-4)25(32-2)14-18(22)7-10-30-24)8-11-31-12-9-20-15-26(33-3)28(35-5)17-23(20)29(21)31/h14-17,19,21,29H,6-13H2,1-5H3/p+2/t19-,21+,29-/m0/s1. The summed E-state index contributed by atoms with van der Waals surface area (Å²) in [5.74, 6) is 4.57. The number of fused-ring (bicyclic) bond motifs is 4. The second-order valence-corrected chi connectivity index (χ2v) is 10.1. The van der Waals surface area contributed by atoms with Gasteiger partial charge in [-0.05, 0) is 47.7 Å². The Hall–Kier alpha value is -2.73. The predicted molar refractivity (Wildman–Crippen MR) is 136 cm³/mol. The van der Waals surface area contributed by atoms with Crippen LogP contribution in [0.1, 0.15) is 54.5 Å². The van der Waals surface area contributed by atoms with Crippen molar-refractivity contribution in [2.75, 3.05) is 48.1 Å². The van der Waals surface area contributed by atoms with Gasteiger partial charge in [0.15, 0.2) is 28.7 Å². The summed E-state index contributed by atoms with van der Waals surface area (Å²) in [6, 6.07) is 9.33. The molecule has 2 aromatic rings. The van der Waals surface area contributed by atoms with Crippen molar-refractivity contribution in [1.82, 2.24) is 0 Å². The first-order chi connectivity index (χ1) is 17.1. The Morgan fingerprint density at radius 1 is 0.829 bits per heavy atom. The number of rotatable bonds is 7. The van der Waals surface area contributed by atoms with Gasteiger partial charge in [0.25, 0.3) is 0 Å². The number of quaternary nitrogens is 1. The molecule has 3 heterocycles. The molecule has 2 N–H and O–H groups in total. The van der Waals surface area contributed by atoms with Gasteiger partial charge in [0.1, 0.15) is 12.6 Å². The molecule has 3 aliphatic rings. The fourth-order valence-electron chi connectivity index (χ4n) is 6.90.